The van der Waals surface area contributed by atoms with Crippen LogP contribution in [0.25, 0.3) is 0 Å². The van der Waals surface area contributed by atoms with Gasteiger partial charge in [0.15, 0.2) is 0 Å². The first-order valence-electron chi connectivity index (χ1n) is 8.22. The molecule has 18 heavy (non-hydrogen) atoms. The minimum atomic E-state index is 0.475. The molecule has 0 aromatic rings. The zero-order chi connectivity index (χ0) is 14.4. The van der Waals surface area contributed by atoms with Gasteiger partial charge in [-0.25, -0.2) is 0 Å². The summed E-state index contributed by atoms with van der Waals surface area (Å²) in [5, 5.41) is 0. The molecule has 0 radical (unpaired) electrons. The minimum Gasteiger partial charge on any atom is -0.0654 e. The molecule has 0 spiro atoms. The van der Waals surface area contributed by atoms with Crippen molar-refractivity contribution in [3.63, 3.8) is 0 Å². The second-order valence-corrected chi connectivity index (χ2v) is 7.58. The maximum absolute atomic E-state index is 2.53. The summed E-state index contributed by atoms with van der Waals surface area (Å²) in [7, 11) is 0. The molecule has 2 atom stereocenters. The molecule has 0 aromatic carbocycles. The van der Waals surface area contributed by atoms with Crippen LogP contribution in [0.5, 0.6) is 0 Å². The maximum Gasteiger partial charge on any atom is -0.0272 e. The molecule has 0 aliphatic rings. The third-order valence-corrected chi connectivity index (χ3v) is 5.72. The van der Waals surface area contributed by atoms with Crippen molar-refractivity contribution in [2.75, 3.05) is 0 Å². The Hall–Kier alpha value is 0. The molecule has 0 aliphatic heterocycles. The standard InChI is InChI=1S/C18H38/c1-9-11-13-17(6,7)16(5)18(8,15(3)4)14-12-10-2/h15-16H,9-14H2,1-8H3. The van der Waals surface area contributed by atoms with Crippen molar-refractivity contribution >= 4 is 0 Å². The summed E-state index contributed by atoms with van der Waals surface area (Å²) in [4.78, 5) is 0. The quantitative estimate of drug-likeness (QED) is 0.430. The first-order valence-corrected chi connectivity index (χ1v) is 8.22. The maximum atomic E-state index is 2.53. The van der Waals surface area contributed by atoms with Crippen molar-refractivity contribution in [1.29, 1.82) is 0 Å². The lowest BCUT2D eigenvalue weighted by Crippen LogP contribution is -2.40. The largest absolute Gasteiger partial charge is 0.0654 e. The Bertz CT molecular complexity index is 214. The summed E-state index contributed by atoms with van der Waals surface area (Å²) >= 11 is 0. The molecule has 0 amide bonds. The topological polar surface area (TPSA) is 0 Å². The highest BCUT2D eigenvalue weighted by molar-refractivity contribution is 4.90. The monoisotopic (exact) mass is 254 g/mol. The molecule has 0 rings (SSSR count). The Balaban J connectivity index is 4.88. The van der Waals surface area contributed by atoms with Gasteiger partial charge in [-0.2, -0.15) is 0 Å². The summed E-state index contributed by atoms with van der Waals surface area (Å²) in [5.74, 6) is 1.57. The van der Waals surface area contributed by atoms with Crippen molar-refractivity contribution in [1.82, 2.24) is 0 Å². The zero-order valence-electron chi connectivity index (χ0n) is 14.4. The Labute approximate surface area is 117 Å². The van der Waals surface area contributed by atoms with Crippen LogP contribution in [0.2, 0.25) is 0 Å². The van der Waals surface area contributed by atoms with E-state index in [1.54, 1.807) is 0 Å². The Kier molecular flexibility index (Phi) is 7.56. The first-order chi connectivity index (χ1) is 8.22. The summed E-state index contributed by atoms with van der Waals surface area (Å²) in [6.07, 6.45) is 8.16. The van der Waals surface area contributed by atoms with Crippen molar-refractivity contribution in [2.45, 2.75) is 93.9 Å². The fourth-order valence-corrected chi connectivity index (χ4v) is 3.30. The fourth-order valence-electron chi connectivity index (χ4n) is 3.30. The molecule has 2 unspecified atom stereocenters. The zero-order valence-corrected chi connectivity index (χ0v) is 14.4. The van der Waals surface area contributed by atoms with Crippen LogP contribution in [0, 0.1) is 22.7 Å². The van der Waals surface area contributed by atoms with Gasteiger partial charge >= 0.3 is 0 Å². The van der Waals surface area contributed by atoms with E-state index in [0.29, 0.717) is 10.8 Å². The SMILES string of the molecule is CCCCC(C)(C)C(C)C(C)(CCCC)C(C)C. The molecule has 0 heterocycles. The lowest BCUT2D eigenvalue weighted by Gasteiger charge is -2.48. The van der Waals surface area contributed by atoms with Gasteiger partial charge in [-0.05, 0) is 35.5 Å². The predicted molar refractivity (Wildman–Crippen MR) is 84.9 cm³/mol. The van der Waals surface area contributed by atoms with E-state index in [2.05, 4.69) is 55.4 Å². The second kappa shape index (κ2) is 7.56. The molecule has 0 saturated carbocycles. The summed E-state index contributed by atoms with van der Waals surface area (Å²) < 4.78 is 0. The fraction of sp³-hybridized carbons (Fsp3) is 1.00. The van der Waals surface area contributed by atoms with Gasteiger partial charge in [0.25, 0.3) is 0 Å². The van der Waals surface area contributed by atoms with Crippen molar-refractivity contribution in [3.8, 4) is 0 Å². The van der Waals surface area contributed by atoms with E-state index >= 15 is 0 Å². The van der Waals surface area contributed by atoms with Crippen LogP contribution in [-0.4, -0.2) is 0 Å². The molecule has 0 fully saturated rings. The van der Waals surface area contributed by atoms with Gasteiger partial charge < -0.3 is 0 Å². The van der Waals surface area contributed by atoms with Crippen LogP contribution in [0.1, 0.15) is 93.9 Å². The van der Waals surface area contributed by atoms with E-state index < -0.39 is 0 Å². The van der Waals surface area contributed by atoms with Gasteiger partial charge in [-0.15, -0.1) is 0 Å². The van der Waals surface area contributed by atoms with Crippen LogP contribution in [-0.2, 0) is 0 Å². The molecular weight excluding hydrogens is 216 g/mol. The van der Waals surface area contributed by atoms with Gasteiger partial charge in [-0.3, -0.25) is 0 Å². The van der Waals surface area contributed by atoms with E-state index in [1.165, 1.54) is 38.5 Å². The van der Waals surface area contributed by atoms with Crippen molar-refractivity contribution in [2.24, 2.45) is 22.7 Å². The highest BCUT2D eigenvalue weighted by Gasteiger charge is 2.41. The minimum absolute atomic E-state index is 0.475. The highest BCUT2D eigenvalue weighted by atomic mass is 14.5. The van der Waals surface area contributed by atoms with Crippen LogP contribution < -0.4 is 0 Å². The lowest BCUT2D eigenvalue weighted by molar-refractivity contribution is 0.0161. The molecule has 0 bridgehead atoms. The highest BCUT2D eigenvalue weighted by Crippen LogP contribution is 2.49. The van der Waals surface area contributed by atoms with E-state index in [0.717, 1.165) is 11.8 Å². The van der Waals surface area contributed by atoms with Crippen LogP contribution in [0.15, 0.2) is 0 Å². The number of rotatable bonds is 9. The Morgan fingerprint density at radius 3 is 1.61 bits per heavy atom. The number of hydrogen-bond acceptors (Lipinski definition) is 0. The molecule has 0 aromatic heterocycles. The van der Waals surface area contributed by atoms with Crippen molar-refractivity contribution < 1.29 is 0 Å². The molecule has 0 heteroatoms. The Morgan fingerprint density at radius 1 is 0.778 bits per heavy atom. The normalized spacial score (nSPS) is 17.8. The third kappa shape index (κ3) is 4.59. The Morgan fingerprint density at radius 2 is 1.22 bits per heavy atom. The molecule has 0 saturated heterocycles. The smallest absolute Gasteiger partial charge is 0.0272 e. The van der Waals surface area contributed by atoms with E-state index in [-0.39, 0.29) is 0 Å². The van der Waals surface area contributed by atoms with E-state index in [1.807, 2.05) is 0 Å². The van der Waals surface area contributed by atoms with E-state index in [9.17, 15) is 0 Å². The van der Waals surface area contributed by atoms with Gasteiger partial charge in [0.2, 0.25) is 0 Å². The van der Waals surface area contributed by atoms with Crippen LogP contribution in [0.4, 0.5) is 0 Å². The third-order valence-electron chi connectivity index (χ3n) is 5.72. The summed E-state index contributed by atoms with van der Waals surface area (Å²) in [5.41, 5.74) is 0.968. The second-order valence-electron chi connectivity index (χ2n) is 7.58. The molecule has 0 N–H and O–H groups in total. The average molecular weight is 255 g/mol. The molecule has 110 valence electrons. The van der Waals surface area contributed by atoms with Gasteiger partial charge in [0, 0.05) is 0 Å². The van der Waals surface area contributed by atoms with Crippen LogP contribution >= 0.6 is 0 Å². The summed E-state index contributed by atoms with van der Waals surface area (Å²) in [6, 6.07) is 0. The predicted octanol–water partition coefficient (Wildman–Crippen LogP) is 6.69. The van der Waals surface area contributed by atoms with Gasteiger partial charge in [0.1, 0.15) is 0 Å². The van der Waals surface area contributed by atoms with Crippen LogP contribution in [0.3, 0.4) is 0 Å². The number of unbranched alkanes of at least 4 members (excludes halogenated alkanes) is 2. The average Bonchev–Trinajstić information content (AvgIpc) is 2.32. The molecular formula is C18H38. The molecule has 0 nitrogen and oxygen atoms in total. The summed E-state index contributed by atoms with van der Waals surface area (Å²) in [6.45, 7) is 19.5. The van der Waals surface area contributed by atoms with E-state index in [4.69, 9.17) is 0 Å². The molecule has 0 aliphatic carbocycles. The first kappa shape index (κ1) is 18.0. The van der Waals surface area contributed by atoms with Crippen molar-refractivity contribution in [3.05, 3.63) is 0 Å². The van der Waals surface area contributed by atoms with Gasteiger partial charge in [-0.1, -0.05) is 81.1 Å². The number of hydrogen-bond donors (Lipinski definition) is 0. The van der Waals surface area contributed by atoms with Gasteiger partial charge in [0.05, 0.1) is 0 Å². The lowest BCUT2D eigenvalue weighted by atomic mass is 9.57.